The summed E-state index contributed by atoms with van der Waals surface area (Å²) in [7, 11) is 1.16. The van der Waals surface area contributed by atoms with Gasteiger partial charge in [0.05, 0.1) is 17.7 Å². The summed E-state index contributed by atoms with van der Waals surface area (Å²) < 4.78 is 21.2. The Kier molecular flexibility index (Phi) is 5.75. The monoisotopic (exact) mass is 436 g/mol. The fraction of sp³-hybridized carbons (Fsp3) is 0.381. The van der Waals surface area contributed by atoms with Crippen molar-refractivity contribution in [1.82, 2.24) is 4.57 Å². The van der Waals surface area contributed by atoms with Crippen molar-refractivity contribution < 1.29 is 23.8 Å². The first-order valence-corrected chi connectivity index (χ1v) is 9.69. The number of ether oxygens (including phenoxy) is 1. The van der Waals surface area contributed by atoms with Crippen molar-refractivity contribution in [2.75, 3.05) is 7.11 Å². The molecule has 1 aliphatic rings. The van der Waals surface area contributed by atoms with Gasteiger partial charge in [-0.1, -0.05) is 17.7 Å². The number of pyridine rings is 1. The van der Waals surface area contributed by atoms with Gasteiger partial charge in [-0.25, -0.2) is 14.0 Å². The molecule has 1 aliphatic heterocycles. The van der Waals surface area contributed by atoms with Gasteiger partial charge in [-0.2, -0.15) is 0 Å². The second-order valence-corrected chi connectivity index (χ2v) is 8.44. The lowest BCUT2D eigenvalue weighted by Gasteiger charge is -2.23. The summed E-state index contributed by atoms with van der Waals surface area (Å²) in [6, 6.07) is 2.96. The number of nitrogens with two attached hydrogens (primary N) is 1. The van der Waals surface area contributed by atoms with E-state index in [0.717, 1.165) is 17.7 Å². The molecule has 1 atom stereocenters. The van der Waals surface area contributed by atoms with Crippen molar-refractivity contribution in [3.63, 3.8) is 0 Å². The summed E-state index contributed by atoms with van der Waals surface area (Å²) >= 11 is 6.01. The molecule has 0 spiro atoms. The minimum atomic E-state index is -1.18. The maximum atomic E-state index is 15.2. The number of aromatic nitrogens is 1. The number of carbonyl (C=O) groups excluding carboxylic acids is 1. The molecular weight excluding hydrogens is 415 g/mol. The first kappa shape index (κ1) is 22.0. The lowest BCUT2D eigenvalue weighted by Crippen LogP contribution is -2.35. The van der Waals surface area contributed by atoms with Crippen LogP contribution in [0.4, 0.5) is 4.39 Å². The third kappa shape index (κ3) is 3.85. The number of fused-ring (bicyclic) bond motifs is 1. The van der Waals surface area contributed by atoms with Gasteiger partial charge >= 0.3 is 11.9 Å². The molecule has 0 radical (unpaired) electrons. The molecule has 1 unspecified atom stereocenters. The van der Waals surface area contributed by atoms with Gasteiger partial charge < -0.3 is 15.6 Å². The zero-order valence-electron chi connectivity index (χ0n) is 16.8. The lowest BCUT2D eigenvalue weighted by atomic mass is 9.87. The average Bonchev–Trinajstić information content (AvgIpc) is 3.09. The van der Waals surface area contributed by atoms with Gasteiger partial charge in [-0.05, 0) is 44.7 Å². The molecule has 3 rings (SSSR count). The molecule has 2 heterocycles. The number of carbonyl (C=O) groups is 2. The van der Waals surface area contributed by atoms with Crippen LogP contribution in [-0.2, 0) is 22.4 Å². The second kappa shape index (κ2) is 7.85. The Morgan fingerprint density at radius 2 is 2.07 bits per heavy atom. The second-order valence-electron chi connectivity index (χ2n) is 8.03. The quantitative estimate of drug-likeness (QED) is 0.697. The molecule has 160 valence electrons. The van der Waals surface area contributed by atoms with Crippen LogP contribution in [0.3, 0.4) is 0 Å². The Balaban J connectivity index is 2.40. The van der Waals surface area contributed by atoms with E-state index in [1.54, 1.807) is 19.9 Å². The van der Waals surface area contributed by atoms with Gasteiger partial charge in [-0.15, -0.1) is 0 Å². The van der Waals surface area contributed by atoms with E-state index in [4.69, 9.17) is 22.1 Å². The molecule has 3 N–H and O–H groups in total. The number of halogens is 2. The summed E-state index contributed by atoms with van der Waals surface area (Å²) in [4.78, 5) is 37.1. The molecule has 0 saturated heterocycles. The van der Waals surface area contributed by atoms with Gasteiger partial charge in [0.25, 0.3) is 5.56 Å². The van der Waals surface area contributed by atoms with Crippen LogP contribution in [-0.4, -0.2) is 34.3 Å². The summed E-state index contributed by atoms with van der Waals surface area (Å²) in [5.41, 5.74) is 5.40. The molecule has 7 nitrogen and oxygen atoms in total. The number of carboxylic acid groups (broad SMARTS) is 1. The molecule has 0 bridgehead atoms. The lowest BCUT2D eigenvalue weighted by molar-refractivity contribution is -0.140. The number of esters is 1. The van der Waals surface area contributed by atoms with E-state index in [0.29, 0.717) is 5.56 Å². The molecule has 30 heavy (non-hydrogen) atoms. The van der Waals surface area contributed by atoms with Crippen molar-refractivity contribution >= 4 is 23.5 Å². The Hall–Kier alpha value is -2.71. The molecule has 0 aliphatic carbocycles. The van der Waals surface area contributed by atoms with E-state index < -0.39 is 34.9 Å². The first-order chi connectivity index (χ1) is 14.0. The van der Waals surface area contributed by atoms with E-state index >= 15 is 4.39 Å². The molecule has 0 saturated carbocycles. The number of nitrogens with zero attached hydrogens (tertiary/aromatic N) is 1. The number of hydrogen-bond acceptors (Lipinski definition) is 5. The molecule has 1 aromatic heterocycles. The smallest absolute Gasteiger partial charge is 0.340 e. The highest BCUT2D eigenvalue weighted by Crippen LogP contribution is 2.38. The van der Waals surface area contributed by atoms with Gasteiger partial charge in [-0.3, -0.25) is 9.36 Å². The van der Waals surface area contributed by atoms with Crippen molar-refractivity contribution in [3.8, 4) is 11.1 Å². The number of rotatable bonds is 5. The summed E-state index contributed by atoms with van der Waals surface area (Å²) in [5, 5.41) is 9.27. The first-order valence-electron chi connectivity index (χ1n) is 9.32. The minimum Gasteiger partial charge on any atom is -0.480 e. The van der Waals surface area contributed by atoms with Crippen molar-refractivity contribution in [1.29, 1.82) is 0 Å². The topological polar surface area (TPSA) is 112 Å². The third-order valence-corrected chi connectivity index (χ3v) is 5.38. The van der Waals surface area contributed by atoms with Crippen LogP contribution >= 0.6 is 11.6 Å². The fourth-order valence-corrected chi connectivity index (χ4v) is 4.10. The number of benzene rings is 1. The third-order valence-electron chi connectivity index (χ3n) is 5.09. The van der Waals surface area contributed by atoms with E-state index in [-0.39, 0.29) is 46.7 Å². The SMILES string of the molecule is COC(=O)c1c(-c2c(CC(C)(C)N)ccc(Cl)c2F)cc(=O)n2c1CCC2C(=O)O. The van der Waals surface area contributed by atoms with Gasteiger partial charge in [0.15, 0.2) is 0 Å². The highest BCUT2D eigenvalue weighted by molar-refractivity contribution is 6.31. The maximum Gasteiger partial charge on any atom is 0.340 e. The van der Waals surface area contributed by atoms with Crippen LogP contribution < -0.4 is 11.3 Å². The molecule has 9 heteroatoms. The largest absolute Gasteiger partial charge is 0.480 e. The Morgan fingerprint density at radius 1 is 1.40 bits per heavy atom. The van der Waals surface area contributed by atoms with Crippen LogP contribution in [0.1, 0.15) is 47.9 Å². The molecule has 0 amide bonds. The highest BCUT2D eigenvalue weighted by atomic mass is 35.5. The van der Waals surface area contributed by atoms with Gasteiger partial charge in [0.2, 0.25) is 0 Å². The van der Waals surface area contributed by atoms with Crippen molar-refractivity contribution in [3.05, 3.63) is 56.2 Å². The molecule has 0 fully saturated rings. The number of methoxy groups -OCH3 is 1. The Bertz CT molecular complexity index is 1100. The minimum absolute atomic E-state index is 0.0132. The fourth-order valence-electron chi connectivity index (χ4n) is 3.94. The number of aliphatic carboxylic acids is 1. The van der Waals surface area contributed by atoms with E-state index in [2.05, 4.69) is 0 Å². The number of hydrogen-bond donors (Lipinski definition) is 2. The van der Waals surface area contributed by atoms with Crippen molar-refractivity contribution in [2.45, 2.75) is 44.7 Å². The van der Waals surface area contributed by atoms with Crippen LogP contribution in [0.5, 0.6) is 0 Å². The zero-order valence-corrected chi connectivity index (χ0v) is 17.5. The Labute approximate surface area is 177 Å². The van der Waals surface area contributed by atoms with Crippen LogP contribution in [0.15, 0.2) is 23.0 Å². The number of carboxylic acids is 1. The Morgan fingerprint density at radius 3 is 2.63 bits per heavy atom. The highest BCUT2D eigenvalue weighted by Gasteiger charge is 2.35. The van der Waals surface area contributed by atoms with E-state index in [9.17, 15) is 19.5 Å². The summed E-state index contributed by atoms with van der Waals surface area (Å²) in [6.07, 6.45) is 0.538. The maximum absolute atomic E-state index is 15.2. The molecular formula is C21H22ClFN2O5. The van der Waals surface area contributed by atoms with Crippen LogP contribution in [0, 0.1) is 5.82 Å². The predicted octanol–water partition coefficient (Wildman–Crippen LogP) is 2.95. The predicted molar refractivity (Wildman–Crippen MR) is 109 cm³/mol. The van der Waals surface area contributed by atoms with Gasteiger partial charge in [0.1, 0.15) is 11.9 Å². The van der Waals surface area contributed by atoms with Crippen molar-refractivity contribution in [2.24, 2.45) is 5.73 Å². The summed E-state index contributed by atoms with van der Waals surface area (Å²) in [5.74, 6) is -2.77. The van der Waals surface area contributed by atoms with Crippen LogP contribution in [0.25, 0.3) is 11.1 Å². The normalized spacial score (nSPS) is 15.7. The van der Waals surface area contributed by atoms with Gasteiger partial charge in [0, 0.05) is 28.4 Å². The zero-order chi connectivity index (χ0) is 22.4. The van der Waals surface area contributed by atoms with Crippen LogP contribution in [0.2, 0.25) is 5.02 Å². The standard InChI is InChI=1S/C21H22ClFN2O5/c1-21(2,24)9-10-4-5-12(22)18(23)16(10)11-8-15(26)25-13(17(11)20(29)30-3)6-7-14(25)19(27)28/h4-5,8,14H,6-7,9,24H2,1-3H3,(H,27,28). The van der Waals surface area contributed by atoms with E-state index in [1.165, 1.54) is 6.07 Å². The average molecular weight is 437 g/mol. The molecule has 1 aromatic carbocycles. The summed E-state index contributed by atoms with van der Waals surface area (Å²) in [6.45, 7) is 3.53. The van der Waals surface area contributed by atoms with E-state index in [1.807, 2.05) is 0 Å². The molecule has 2 aromatic rings.